The Bertz CT molecular complexity index is 1150. The van der Waals surface area contributed by atoms with E-state index in [0.29, 0.717) is 75.1 Å². The Morgan fingerprint density at radius 2 is 2.00 bits per heavy atom. The number of halogens is 1. The van der Waals surface area contributed by atoms with Crippen LogP contribution in [-0.4, -0.2) is 95.7 Å². The monoisotopic (exact) mass is 498 g/mol. The summed E-state index contributed by atoms with van der Waals surface area (Å²) in [6.07, 6.45) is 1.35. The number of phenols is 1. The van der Waals surface area contributed by atoms with Gasteiger partial charge in [-0.15, -0.1) is 0 Å². The van der Waals surface area contributed by atoms with Crippen molar-refractivity contribution in [1.29, 1.82) is 0 Å². The molecule has 9 nitrogen and oxygen atoms in total. The summed E-state index contributed by atoms with van der Waals surface area (Å²) in [4.78, 5) is 24.5. The second-order valence-electron chi connectivity index (χ2n) is 9.31. The molecule has 1 aromatic carbocycles. The van der Waals surface area contributed by atoms with Crippen LogP contribution in [0.4, 0.5) is 10.2 Å². The second-order valence-corrected chi connectivity index (χ2v) is 9.31. The zero-order chi connectivity index (χ0) is 25.4. The standard InChI is InChI=1S/C26H31FN4O5/c1-3-20(33)30-8-5-9-31-17(14-30)15-36-24-16(2)23(21-18(27)6-4-7-19(21)32)28-25(22(24)26(31)34)29-10-12-35-13-11-29/h3-4,6-7,17,20,32-33H,1,5,8-15H2,2H3/t17-,20?/m1/s1. The van der Waals surface area contributed by atoms with Gasteiger partial charge in [-0.3, -0.25) is 9.69 Å². The number of fused-ring (bicyclic) bond motifs is 2. The number of aliphatic hydroxyl groups is 1. The van der Waals surface area contributed by atoms with Crippen LogP contribution in [0.5, 0.6) is 11.5 Å². The Morgan fingerprint density at radius 3 is 2.72 bits per heavy atom. The highest BCUT2D eigenvalue weighted by atomic mass is 19.1. The van der Waals surface area contributed by atoms with Crippen molar-refractivity contribution in [2.24, 2.45) is 0 Å². The Balaban J connectivity index is 1.65. The number of pyridine rings is 1. The van der Waals surface area contributed by atoms with Crippen LogP contribution in [0.3, 0.4) is 0 Å². The highest BCUT2D eigenvalue weighted by Crippen LogP contribution is 2.43. The molecule has 1 aromatic heterocycles. The van der Waals surface area contributed by atoms with Gasteiger partial charge < -0.3 is 29.5 Å². The summed E-state index contributed by atoms with van der Waals surface area (Å²) in [5.74, 6) is -0.306. The van der Waals surface area contributed by atoms with Crippen LogP contribution in [0.25, 0.3) is 11.3 Å². The molecule has 2 N–H and O–H groups in total. The molecule has 5 rings (SSSR count). The Morgan fingerprint density at radius 1 is 1.22 bits per heavy atom. The van der Waals surface area contributed by atoms with E-state index < -0.39 is 12.0 Å². The van der Waals surface area contributed by atoms with Gasteiger partial charge in [0, 0.05) is 38.3 Å². The fourth-order valence-electron chi connectivity index (χ4n) is 5.22. The molecule has 3 aliphatic rings. The third-order valence-electron chi connectivity index (χ3n) is 7.11. The topological polar surface area (TPSA) is 98.6 Å². The number of carbonyl (C=O) groups is 1. The van der Waals surface area contributed by atoms with Gasteiger partial charge in [-0.2, -0.15) is 0 Å². The summed E-state index contributed by atoms with van der Waals surface area (Å²) in [5, 5.41) is 20.9. The fraction of sp³-hybridized carbons (Fsp3) is 0.462. The fourth-order valence-corrected chi connectivity index (χ4v) is 5.22. The minimum Gasteiger partial charge on any atom is -0.507 e. The number of amides is 1. The van der Waals surface area contributed by atoms with Crippen LogP contribution in [0.2, 0.25) is 0 Å². The van der Waals surface area contributed by atoms with Gasteiger partial charge in [-0.25, -0.2) is 9.37 Å². The number of morpholine rings is 1. The van der Waals surface area contributed by atoms with Gasteiger partial charge >= 0.3 is 0 Å². The Kier molecular flexibility index (Phi) is 6.83. The number of benzene rings is 1. The Labute approximate surface area is 209 Å². The summed E-state index contributed by atoms with van der Waals surface area (Å²) in [6, 6.07) is 3.81. The van der Waals surface area contributed by atoms with Crippen molar-refractivity contribution in [2.45, 2.75) is 25.6 Å². The molecule has 36 heavy (non-hydrogen) atoms. The molecule has 1 amide bonds. The molecule has 2 saturated heterocycles. The van der Waals surface area contributed by atoms with Gasteiger partial charge in [-0.05, 0) is 31.6 Å². The highest BCUT2D eigenvalue weighted by molar-refractivity contribution is 6.03. The van der Waals surface area contributed by atoms with Crippen LogP contribution in [0, 0.1) is 12.7 Å². The summed E-state index contributed by atoms with van der Waals surface area (Å²) >= 11 is 0. The second kappa shape index (κ2) is 10.0. The van der Waals surface area contributed by atoms with E-state index in [-0.39, 0.29) is 35.6 Å². The SMILES string of the molecule is C=CC(O)N1CCCN2C(=O)c3c(N4CCOCC4)nc(-c4c(O)cccc4F)c(C)c3OC[C@H]2C1. The smallest absolute Gasteiger partial charge is 0.261 e. The zero-order valence-electron chi connectivity index (χ0n) is 20.3. The number of hydrogen-bond acceptors (Lipinski definition) is 8. The van der Waals surface area contributed by atoms with Gasteiger partial charge in [0.15, 0.2) is 0 Å². The zero-order valence-corrected chi connectivity index (χ0v) is 20.3. The molecule has 0 radical (unpaired) electrons. The van der Waals surface area contributed by atoms with E-state index in [0.717, 1.165) is 0 Å². The molecule has 0 spiro atoms. The predicted octanol–water partition coefficient (Wildman–Crippen LogP) is 2.15. The first-order valence-electron chi connectivity index (χ1n) is 12.2. The number of aliphatic hydroxyl groups excluding tert-OH is 1. The van der Waals surface area contributed by atoms with Gasteiger partial charge in [-0.1, -0.05) is 12.6 Å². The van der Waals surface area contributed by atoms with Gasteiger partial charge in [0.25, 0.3) is 5.91 Å². The lowest BCUT2D eigenvalue weighted by molar-refractivity contribution is 0.0272. The minimum absolute atomic E-state index is 0.0255. The summed E-state index contributed by atoms with van der Waals surface area (Å²) in [6.45, 7) is 9.15. The van der Waals surface area contributed by atoms with E-state index in [9.17, 15) is 19.4 Å². The number of hydrogen-bond donors (Lipinski definition) is 2. The molecule has 2 fully saturated rings. The molecule has 3 aliphatic heterocycles. The largest absolute Gasteiger partial charge is 0.507 e. The maximum Gasteiger partial charge on any atom is 0.261 e. The molecule has 0 aliphatic carbocycles. The van der Waals surface area contributed by atoms with Gasteiger partial charge in [0.2, 0.25) is 0 Å². The lowest BCUT2D eigenvalue weighted by Gasteiger charge is -2.32. The Hall–Kier alpha value is -3.21. The molecule has 2 atom stereocenters. The normalized spacial score (nSPS) is 21.6. The average Bonchev–Trinajstić information content (AvgIpc) is 3.17. The average molecular weight is 499 g/mol. The van der Waals surface area contributed by atoms with Crippen molar-refractivity contribution in [2.75, 3.05) is 57.4 Å². The lowest BCUT2D eigenvalue weighted by Crippen LogP contribution is -2.48. The first-order chi connectivity index (χ1) is 17.4. The van der Waals surface area contributed by atoms with Crippen molar-refractivity contribution >= 4 is 11.7 Å². The third kappa shape index (κ3) is 4.29. The maximum absolute atomic E-state index is 14.9. The molecule has 0 saturated carbocycles. The number of nitrogens with zero attached hydrogens (tertiary/aromatic N) is 4. The van der Waals surface area contributed by atoms with Crippen LogP contribution < -0.4 is 9.64 Å². The number of rotatable bonds is 4. The predicted molar refractivity (Wildman–Crippen MR) is 132 cm³/mol. The summed E-state index contributed by atoms with van der Waals surface area (Å²) in [5.41, 5.74) is 1.03. The molecule has 1 unspecified atom stereocenters. The summed E-state index contributed by atoms with van der Waals surface area (Å²) < 4.78 is 26.7. The molecular weight excluding hydrogens is 467 g/mol. The van der Waals surface area contributed by atoms with Crippen LogP contribution in [0.15, 0.2) is 30.9 Å². The number of phenolic OH excluding ortho intramolecular Hbond substituents is 1. The van der Waals surface area contributed by atoms with E-state index in [1.54, 1.807) is 11.8 Å². The first kappa shape index (κ1) is 24.5. The molecule has 4 heterocycles. The maximum atomic E-state index is 14.9. The molecule has 192 valence electrons. The van der Waals surface area contributed by atoms with Crippen LogP contribution >= 0.6 is 0 Å². The lowest BCUT2D eigenvalue weighted by atomic mass is 10.0. The number of aromatic nitrogens is 1. The minimum atomic E-state index is -0.811. The van der Waals surface area contributed by atoms with E-state index in [1.165, 1.54) is 24.3 Å². The first-order valence-corrected chi connectivity index (χ1v) is 12.2. The number of aromatic hydroxyl groups is 1. The molecular formula is C26H31FN4O5. The summed E-state index contributed by atoms with van der Waals surface area (Å²) in [7, 11) is 0. The van der Waals surface area contributed by atoms with Crippen molar-refractivity contribution in [3.05, 3.63) is 47.8 Å². The van der Waals surface area contributed by atoms with Crippen molar-refractivity contribution < 1.29 is 28.9 Å². The third-order valence-corrected chi connectivity index (χ3v) is 7.11. The quantitative estimate of drug-likeness (QED) is 0.619. The van der Waals surface area contributed by atoms with E-state index in [1.807, 2.05) is 9.80 Å². The van der Waals surface area contributed by atoms with Crippen LogP contribution in [0.1, 0.15) is 22.3 Å². The van der Waals surface area contributed by atoms with E-state index >= 15 is 0 Å². The van der Waals surface area contributed by atoms with Crippen LogP contribution in [-0.2, 0) is 4.74 Å². The van der Waals surface area contributed by atoms with E-state index in [2.05, 4.69) is 6.58 Å². The number of carbonyl (C=O) groups excluding carboxylic acids is 1. The number of ether oxygens (including phenoxy) is 2. The highest BCUT2D eigenvalue weighted by Gasteiger charge is 2.39. The number of anilines is 1. The van der Waals surface area contributed by atoms with Crippen molar-refractivity contribution in [3.63, 3.8) is 0 Å². The van der Waals surface area contributed by atoms with Gasteiger partial charge in [0.05, 0.1) is 30.5 Å². The van der Waals surface area contributed by atoms with Gasteiger partial charge in [0.1, 0.15) is 41.5 Å². The molecule has 0 bridgehead atoms. The molecule has 2 aromatic rings. The van der Waals surface area contributed by atoms with Crippen molar-refractivity contribution in [3.8, 4) is 22.8 Å². The van der Waals surface area contributed by atoms with E-state index in [4.69, 9.17) is 14.5 Å². The molecule has 10 heteroatoms. The van der Waals surface area contributed by atoms with Crippen molar-refractivity contribution in [1.82, 2.24) is 14.8 Å².